The second-order valence-electron chi connectivity index (χ2n) is 7.38. The third kappa shape index (κ3) is 5.98. The minimum Gasteiger partial charge on any atom is -0.497 e. The number of hydrogen-bond donors (Lipinski definition) is 1. The Bertz CT molecular complexity index is 1120. The van der Waals surface area contributed by atoms with E-state index in [0.29, 0.717) is 29.5 Å². The van der Waals surface area contributed by atoms with E-state index in [4.69, 9.17) is 9.73 Å². The van der Waals surface area contributed by atoms with Crippen molar-refractivity contribution in [3.63, 3.8) is 0 Å². The Hall–Kier alpha value is -3.65. The normalized spacial score (nSPS) is 16.8. The lowest BCUT2D eigenvalue weighted by Crippen LogP contribution is -2.35. The quantitative estimate of drug-likeness (QED) is 0.542. The van der Waals surface area contributed by atoms with Gasteiger partial charge in [-0.15, -0.1) is 0 Å². The molecule has 1 aliphatic heterocycles. The zero-order chi connectivity index (χ0) is 23.0. The lowest BCUT2D eigenvalue weighted by atomic mass is 10.2. The molecule has 4 rings (SSSR count). The van der Waals surface area contributed by atoms with E-state index in [-0.39, 0.29) is 18.2 Å². The van der Waals surface area contributed by atoms with Gasteiger partial charge in [0.1, 0.15) is 11.0 Å². The number of carbonyl (C=O) groups is 2. The van der Waals surface area contributed by atoms with Crippen LogP contribution in [0.2, 0.25) is 0 Å². The molecule has 1 aromatic heterocycles. The van der Waals surface area contributed by atoms with Crippen LogP contribution in [0.4, 0.5) is 11.4 Å². The third-order valence-corrected chi connectivity index (χ3v) is 6.24. The molecule has 33 heavy (non-hydrogen) atoms. The van der Waals surface area contributed by atoms with Gasteiger partial charge in [0.25, 0.3) is 0 Å². The van der Waals surface area contributed by atoms with Crippen molar-refractivity contribution < 1.29 is 14.3 Å². The van der Waals surface area contributed by atoms with Crippen LogP contribution in [0.15, 0.2) is 84.0 Å². The first-order valence-corrected chi connectivity index (χ1v) is 11.5. The van der Waals surface area contributed by atoms with Crippen LogP contribution in [0.25, 0.3) is 0 Å². The van der Waals surface area contributed by atoms with Crippen molar-refractivity contribution in [2.24, 2.45) is 4.99 Å². The number of amidine groups is 1. The van der Waals surface area contributed by atoms with E-state index in [2.05, 4.69) is 10.3 Å². The summed E-state index contributed by atoms with van der Waals surface area (Å²) < 4.78 is 5.20. The van der Waals surface area contributed by atoms with Crippen LogP contribution in [0.3, 0.4) is 0 Å². The number of aromatic nitrogens is 1. The number of nitrogens with one attached hydrogen (secondary N) is 1. The number of thioether (sulfide) groups is 1. The zero-order valence-electron chi connectivity index (χ0n) is 18.2. The highest BCUT2D eigenvalue weighted by molar-refractivity contribution is 8.15. The van der Waals surface area contributed by atoms with E-state index in [1.165, 1.54) is 11.8 Å². The van der Waals surface area contributed by atoms with Crippen LogP contribution in [-0.4, -0.2) is 45.8 Å². The number of hydrogen-bond acceptors (Lipinski definition) is 6. The Morgan fingerprint density at radius 2 is 1.85 bits per heavy atom. The molecule has 0 aliphatic carbocycles. The summed E-state index contributed by atoms with van der Waals surface area (Å²) in [4.78, 5) is 36.5. The van der Waals surface area contributed by atoms with Gasteiger partial charge in [-0.3, -0.25) is 19.5 Å². The van der Waals surface area contributed by atoms with E-state index in [9.17, 15) is 9.59 Å². The molecule has 7 nitrogen and oxygen atoms in total. The van der Waals surface area contributed by atoms with Crippen molar-refractivity contribution >= 4 is 40.1 Å². The zero-order valence-corrected chi connectivity index (χ0v) is 19.0. The monoisotopic (exact) mass is 460 g/mol. The Morgan fingerprint density at radius 1 is 1.09 bits per heavy atom. The van der Waals surface area contributed by atoms with Gasteiger partial charge in [-0.05, 0) is 48.5 Å². The molecule has 1 unspecified atom stereocenters. The second kappa shape index (κ2) is 10.8. The fraction of sp³-hybridized carbons (Fsp3) is 0.200. The number of aliphatic imine (C=N–C) groups is 1. The smallest absolute Gasteiger partial charge is 0.242 e. The Balaban J connectivity index is 1.50. The SMILES string of the molecule is COc1ccc(N=C2SC(CC(=O)Nc3ccccc3)C(=O)N2CCc2ccccn2)cc1. The lowest BCUT2D eigenvalue weighted by molar-refractivity contribution is -0.128. The van der Waals surface area contributed by atoms with Crippen LogP contribution in [0.1, 0.15) is 12.1 Å². The molecule has 2 heterocycles. The third-order valence-electron chi connectivity index (χ3n) is 5.06. The summed E-state index contributed by atoms with van der Waals surface area (Å²) in [6, 6.07) is 22.2. The van der Waals surface area contributed by atoms with Gasteiger partial charge in [-0.25, -0.2) is 4.99 Å². The first kappa shape index (κ1) is 22.5. The molecule has 1 aliphatic rings. The minimum atomic E-state index is -0.533. The number of nitrogens with zero attached hydrogens (tertiary/aromatic N) is 3. The van der Waals surface area contributed by atoms with Gasteiger partial charge in [-0.2, -0.15) is 0 Å². The molecule has 3 aromatic rings. The molecule has 1 fully saturated rings. The molecular weight excluding hydrogens is 436 g/mol. The number of para-hydroxylation sites is 1. The van der Waals surface area contributed by atoms with Crippen molar-refractivity contribution in [3.05, 3.63) is 84.7 Å². The number of carbonyl (C=O) groups excluding carboxylic acids is 2. The first-order valence-electron chi connectivity index (χ1n) is 10.6. The Morgan fingerprint density at radius 3 is 2.55 bits per heavy atom. The minimum absolute atomic E-state index is 0.0696. The second-order valence-corrected chi connectivity index (χ2v) is 8.55. The maximum atomic E-state index is 13.2. The molecule has 168 valence electrons. The van der Waals surface area contributed by atoms with Gasteiger partial charge in [0, 0.05) is 37.0 Å². The molecule has 2 amide bonds. The van der Waals surface area contributed by atoms with Crippen molar-refractivity contribution in [1.82, 2.24) is 9.88 Å². The predicted molar refractivity (Wildman–Crippen MR) is 131 cm³/mol. The summed E-state index contributed by atoms with van der Waals surface area (Å²) in [6.45, 7) is 0.439. The Labute approximate surface area is 196 Å². The highest BCUT2D eigenvalue weighted by Crippen LogP contribution is 2.32. The standard InChI is InChI=1S/C25H24N4O3S/c1-32-21-12-10-20(11-13-21)28-25-29(16-14-18-7-5-6-15-26-18)24(31)22(33-25)17-23(30)27-19-8-3-2-4-9-19/h2-13,15,22H,14,16-17H2,1H3,(H,27,30). The molecule has 0 spiro atoms. The van der Waals surface area contributed by atoms with Gasteiger partial charge in [-0.1, -0.05) is 36.0 Å². The first-order chi connectivity index (χ1) is 16.1. The predicted octanol–water partition coefficient (Wildman–Crippen LogP) is 4.29. The fourth-order valence-corrected chi connectivity index (χ4v) is 4.56. The molecular formula is C25H24N4O3S. The molecule has 1 atom stereocenters. The van der Waals surface area contributed by atoms with Crippen LogP contribution < -0.4 is 10.1 Å². The molecule has 0 radical (unpaired) electrons. The molecule has 0 bridgehead atoms. The van der Waals surface area contributed by atoms with Crippen LogP contribution in [-0.2, 0) is 16.0 Å². The van der Waals surface area contributed by atoms with Gasteiger partial charge < -0.3 is 10.1 Å². The van der Waals surface area contributed by atoms with E-state index >= 15 is 0 Å². The summed E-state index contributed by atoms with van der Waals surface area (Å²) in [5.41, 5.74) is 2.31. The number of methoxy groups -OCH3 is 1. The Kier molecular flexibility index (Phi) is 7.36. The maximum absolute atomic E-state index is 13.2. The average Bonchev–Trinajstić information content (AvgIpc) is 3.13. The maximum Gasteiger partial charge on any atom is 0.242 e. The van der Waals surface area contributed by atoms with Gasteiger partial charge in [0.05, 0.1) is 12.8 Å². The van der Waals surface area contributed by atoms with Crippen molar-refractivity contribution in [2.45, 2.75) is 18.1 Å². The summed E-state index contributed by atoms with van der Waals surface area (Å²) in [5, 5.41) is 2.90. The van der Waals surface area contributed by atoms with Gasteiger partial charge >= 0.3 is 0 Å². The fourth-order valence-electron chi connectivity index (χ4n) is 3.37. The highest BCUT2D eigenvalue weighted by Gasteiger charge is 2.39. The molecule has 2 aromatic carbocycles. The van der Waals surface area contributed by atoms with Crippen LogP contribution in [0, 0.1) is 0 Å². The summed E-state index contributed by atoms with van der Waals surface area (Å²) >= 11 is 1.32. The molecule has 8 heteroatoms. The van der Waals surface area contributed by atoms with E-state index in [1.54, 1.807) is 18.2 Å². The van der Waals surface area contributed by atoms with Crippen LogP contribution >= 0.6 is 11.8 Å². The molecule has 1 N–H and O–H groups in total. The van der Waals surface area contributed by atoms with E-state index in [1.807, 2.05) is 72.8 Å². The number of anilines is 1. The average molecular weight is 461 g/mol. The number of ether oxygens (including phenoxy) is 1. The summed E-state index contributed by atoms with van der Waals surface area (Å²) in [5.74, 6) is 0.408. The topological polar surface area (TPSA) is 83.9 Å². The van der Waals surface area contributed by atoms with Crippen molar-refractivity contribution in [2.75, 3.05) is 19.0 Å². The van der Waals surface area contributed by atoms with E-state index in [0.717, 1.165) is 11.4 Å². The van der Waals surface area contributed by atoms with E-state index < -0.39 is 5.25 Å². The summed E-state index contributed by atoms with van der Waals surface area (Å²) in [7, 11) is 1.61. The number of benzene rings is 2. The number of rotatable bonds is 8. The molecule has 0 saturated carbocycles. The lowest BCUT2D eigenvalue weighted by Gasteiger charge is -2.16. The van der Waals surface area contributed by atoms with Crippen molar-refractivity contribution in [1.29, 1.82) is 0 Å². The number of pyridine rings is 1. The highest BCUT2D eigenvalue weighted by atomic mass is 32.2. The largest absolute Gasteiger partial charge is 0.497 e. The summed E-state index contributed by atoms with van der Waals surface area (Å²) in [6.07, 6.45) is 2.40. The van der Waals surface area contributed by atoms with Gasteiger partial charge in [0.2, 0.25) is 11.8 Å². The van der Waals surface area contributed by atoms with Gasteiger partial charge in [0.15, 0.2) is 5.17 Å². The van der Waals surface area contributed by atoms with Crippen molar-refractivity contribution in [3.8, 4) is 5.75 Å². The van der Waals surface area contributed by atoms with Crippen LogP contribution in [0.5, 0.6) is 5.75 Å². The number of amides is 2. The molecule has 1 saturated heterocycles.